The quantitative estimate of drug-likeness (QED) is 0.884. The second-order valence-electron chi connectivity index (χ2n) is 4.39. The molecule has 2 unspecified atom stereocenters. The minimum atomic E-state index is 0.368. The molecule has 1 aromatic rings. The summed E-state index contributed by atoms with van der Waals surface area (Å²) < 4.78 is 5.65. The predicted octanol–water partition coefficient (Wildman–Crippen LogP) is 4.36. The molecule has 1 saturated heterocycles. The lowest BCUT2D eigenvalue weighted by atomic mass is 10.0. The van der Waals surface area contributed by atoms with E-state index in [9.17, 15) is 0 Å². The molecular formula is C13H17Cl2NO. The Morgan fingerprint density at radius 3 is 2.94 bits per heavy atom. The van der Waals surface area contributed by atoms with Crippen LogP contribution in [0.1, 0.15) is 26.2 Å². The molecule has 0 aliphatic carbocycles. The van der Waals surface area contributed by atoms with E-state index in [0.29, 0.717) is 22.2 Å². The van der Waals surface area contributed by atoms with Crippen molar-refractivity contribution in [1.29, 1.82) is 0 Å². The average molecular weight is 274 g/mol. The third kappa shape index (κ3) is 3.51. The summed E-state index contributed by atoms with van der Waals surface area (Å²) in [6.07, 6.45) is 3.49. The maximum absolute atomic E-state index is 6.14. The molecule has 4 heteroatoms. The first-order chi connectivity index (χ1) is 8.19. The van der Waals surface area contributed by atoms with Crippen LogP contribution in [-0.2, 0) is 4.74 Å². The zero-order valence-electron chi connectivity index (χ0n) is 9.88. The first kappa shape index (κ1) is 13.0. The highest BCUT2D eigenvalue weighted by Crippen LogP contribution is 2.28. The molecule has 0 spiro atoms. The van der Waals surface area contributed by atoms with Crippen molar-refractivity contribution in [3.63, 3.8) is 0 Å². The van der Waals surface area contributed by atoms with E-state index >= 15 is 0 Å². The minimum absolute atomic E-state index is 0.368. The highest BCUT2D eigenvalue weighted by Gasteiger charge is 2.21. The number of hydrogen-bond acceptors (Lipinski definition) is 2. The molecule has 0 aromatic heterocycles. The summed E-state index contributed by atoms with van der Waals surface area (Å²) in [6.45, 7) is 2.98. The van der Waals surface area contributed by atoms with Crippen molar-refractivity contribution in [2.75, 3.05) is 11.9 Å². The fraction of sp³-hybridized carbons (Fsp3) is 0.538. The molecule has 1 N–H and O–H groups in total. The fourth-order valence-corrected chi connectivity index (χ4v) is 2.59. The molecule has 0 amide bonds. The van der Waals surface area contributed by atoms with Crippen LogP contribution in [0.2, 0.25) is 10.0 Å². The largest absolute Gasteiger partial charge is 0.381 e. The molecule has 1 heterocycles. The zero-order valence-corrected chi connectivity index (χ0v) is 11.4. The topological polar surface area (TPSA) is 21.3 Å². The van der Waals surface area contributed by atoms with Crippen LogP contribution < -0.4 is 5.32 Å². The van der Waals surface area contributed by atoms with Gasteiger partial charge in [0.25, 0.3) is 0 Å². The molecule has 1 fully saturated rings. The summed E-state index contributed by atoms with van der Waals surface area (Å²) in [6, 6.07) is 5.99. The van der Waals surface area contributed by atoms with Gasteiger partial charge in [-0.1, -0.05) is 30.1 Å². The van der Waals surface area contributed by atoms with Gasteiger partial charge >= 0.3 is 0 Å². The Hall–Kier alpha value is -0.440. The van der Waals surface area contributed by atoms with E-state index in [0.717, 1.165) is 31.6 Å². The van der Waals surface area contributed by atoms with Crippen LogP contribution in [0, 0.1) is 0 Å². The molecule has 0 radical (unpaired) electrons. The summed E-state index contributed by atoms with van der Waals surface area (Å²) in [5.41, 5.74) is 0.956. The van der Waals surface area contributed by atoms with Crippen molar-refractivity contribution in [2.45, 2.75) is 38.3 Å². The summed E-state index contributed by atoms with van der Waals surface area (Å²) in [5.74, 6) is 0. The van der Waals surface area contributed by atoms with E-state index in [2.05, 4.69) is 12.2 Å². The second-order valence-corrected chi connectivity index (χ2v) is 5.23. The van der Waals surface area contributed by atoms with Crippen LogP contribution in [-0.4, -0.2) is 18.8 Å². The Labute approximate surface area is 112 Å². The van der Waals surface area contributed by atoms with Crippen molar-refractivity contribution in [3.05, 3.63) is 28.2 Å². The van der Waals surface area contributed by atoms with Crippen LogP contribution in [0.3, 0.4) is 0 Å². The van der Waals surface area contributed by atoms with Gasteiger partial charge in [0.05, 0.1) is 16.8 Å². The lowest BCUT2D eigenvalue weighted by Crippen LogP contribution is -2.33. The molecule has 1 aliphatic rings. The maximum atomic E-state index is 6.14. The normalized spacial score (nSPS) is 24.6. The van der Waals surface area contributed by atoms with Gasteiger partial charge in [0, 0.05) is 17.7 Å². The zero-order chi connectivity index (χ0) is 12.3. The fourth-order valence-electron chi connectivity index (χ4n) is 2.12. The van der Waals surface area contributed by atoms with Crippen LogP contribution in [0.5, 0.6) is 0 Å². The summed E-state index contributed by atoms with van der Waals surface area (Å²) in [4.78, 5) is 0. The number of halogens is 2. The van der Waals surface area contributed by atoms with Crippen LogP contribution in [0.15, 0.2) is 18.2 Å². The highest BCUT2D eigenvalue weighted by atomic mass is 35.5. The van der Waals surface area contributed by atoms with E-state index < -0.39 is 0 Å². The Morgan fingerprint density at radius 1 is 1.41 bits per heavy atom. The third-order valence-corrected chi connectivity index (χ3v) is 3.66. The van der Waals surface area contributed by atoms with Gasteiger partial charge in [-0.3, -0.25) is 0 Å². The van der Waals surface area contributed by atoms with Gasteiger partial charge in [-0.05, 0) is 37.5 Å². The molecule has 0 bridgehead atoms. The molecule has 2 rings (SSSR count). The van der Waals surface area contributed by atoms with Crippen molar-refractivity contribution >= 4 is 28.9 Å². The molecule has 2 atom stereocenters. The first-order valence-electron chi connectivity index (χ1n) is 6.02. The van der Waals surface area contributed by atoms with Crippen molar-refractivity contribution in [2.24, 2.45) is 0 Å². The number of benzene rings is 1. The predicted molar refractivity (Wildman–Crippen MR) is 73.1 cm³/mol. The SMILES string of the molecule is CCC1CC(Nc2ccc(Cl)cc2Cl)CCO1. The van der Waals surface area contributed by atoms with E-state index in [1.54, 1.807) is 6.07 Å². The van der Waals surface area contributed by atoms with Gasteiger partial charge in [-0.15, -0.1) is 0 Å². The third-order valence-electron chi connectivity index (χ3n) is 3.11. The highest BCUT2D eigenvalue weighted by molar-refractivity contribution is 6.36. The van der Waals surface area contributed by atoms with Crippen molar-refractivity contribution in [3.8, 4) is 0 Å². The number of hydrogen-bond donors (Lipinski definition) is 1. The van der Waals surface area contributed by atoms with Crippen LogP contribution >= 0.6 is 23.2 Å². The van der Waals surface area contributed by atoms with Gasteiger partial charge in [-0.25, -0.2) is 0 Å². The molecule has 1 aromatic carbocycles. The summed E-state index contributed by atoms with van der Waals surface area (Å²) in [7, 11) is 0. The lowest BCUT2D eigenvalue weighted by molar-refractivity contribution is 0.00926. The standard InChI is InChI=1S/C13H17Cl2NO/c1-2-11-8-10(5-6-17-11)16-13-4-3-9(14)7-12(13)15/h3-4,7,10-11,16H,2,5-6,8H2,1H3. The molecule has 2 nitrogen and oxygen atoms in total. The van der Waals surface area contributed by atoms with Gasteiger partial charge in [0.15, 0.2) is 0 Å². The van der Waals surface area contributed by atoms with Gasteiger partial charge in [-0.2, -0.15) is 0 Å². The Bertz CT molecular complexity index is 384. The molecule has 94 valence electrons. The Morgan fingerprint density at radius 2 is 2.24 bits per heavy atom. The number of nitrogens with one attached hydrogen (secondary N) is 1. The molecule has 17 heavy (non-hydrogen) atoms. The summed E-state index contributed by atoms with van der Waals surface area (Å²) >= 11 is 12.0. The van der Waals surface area contributed by atoms with E-state index in [-0.39, 0.29) is 0 Å². The van der Waals surface area contributed by atoms with E-state index in [1.165, 1.54) is 0 Å². The van der Waals surface area contributed by atoms with Gasteiger partial charge in [0.2, 0.25) is 0 Å². The van der Waals surface area contributed by atoms with Gasteiger partial charge in [0.1, 0.15) is 0 Å². The van der Waals surface area contributed by atoms with Crippen molar-refractivity contribution < 1.29 is 4.74 Å². The van der Waals surface area contributed by atoms with E-state index in [4.69, 9.17) is 27.9 Å². The maximum Gasteiger partial charge on any atom is 0.0652 e. The lowest BCUT2D eigenvalue weighted by Gasteiger charge is -2.30. The smallest absolute Gasteiger partial charge is 0.0652 e. The number of anilines is 1. The first-order valence-corrected chi connectivity index (χ1v) is 6.78. The second kappa shape index (κ2) is 5.94. The molecule has 0 saturated carbocycles. The monoisotopic (exact) mass is 273 g/mol. The Balaban J connectivity index is 2.00. The average Bonchev–Trinajstić information content (AvgIpc) is 2.33. The molecule has 1 aliphatic heterocycles. The Kier molecular flexibility index (Phi) is 4.55. The van der Waals surface area contributed by atoms with Crippen LogP contribution in [0.4, 0.5) is 5.69 Å². The molecular weight excluding hydrogens is 257 g/mol. The minimum Gasteiger partial charge on any atom is -0.381 e. The summed E-state index contributed by atoms with van der Waals surface area (Å²) in [5, 5.41) is 4.81. The number of rotatable bonds is 3. The van der Waals surface area contributed by atoms with Crippen LogP contribution in [0.25, 0.3) is 0 Å². The number of ether oxygens (including phenoxy) is 1. The van der Waals surface area contributed by atoms with Crippen molar-refractivity contribution in [1.82, 2.24) is 0 Å². The van der Waals surface area contributed by atoms with Gasteiger partial charge < -0.3 is 10.1 Å². The van der Waals surface area contributed by atoms with E-state index in [1.807, 2.05) is 12.1 Å².